The molecule has 9 heteroatoms. The van der Waals surface area contributed by atoms with E-state index in [2.05, 4.69) is 20.3 Å². The van der Waals surface area contributed by atoms with Crippen LogP contribution in [0.3, 0.4) is 0 Å². The molecule has 0 bridgehead atoms. The molecular weight excluding hydrogens is 364 g/mol. The summed E-state index contributed by atoms with van der Waals surface area (Å²) in [6.45, 7) is 2.25. The number of piperidine rings is 1. The van der Waals surface area contributed by atoms with Crippen molar-refractivity contribution in [2.45, 2.75) is 30.6 Å². The van der Waals surface area contributed by atoms with Crippen LogP contribution in [0.5, 0.6) is 0 Å². The Labute approximate surface area is 154 Å². The van der Waals surface area contributed by atoms with Crippen LogP contribution in [0.1, 0.15) is 25.7 Å². The largest absolute Gasteiger partial charge is 0.326 e. The van der Waals surface area contributed by atoms with E-state index < -0.39 is 10.0 Å². The number of carbonyl (C=O) groups is 1. The third kappa shape index (κ3) is 5.17. The number of nitrogens with zero attached hydrogens (tertiary/aromatic N) is 1. The molecule has 138 valence electrons. The number of carbonyl (C=O) groups excluding carboxylic acids is 1. The second-order valence-corrected chi connectivity index (χ2v) is 7.78. The van der Waals surface area contributed by atoms with E-state index in [1.165, 1.54) is 12.1 Å². The molecule has 1 unspecified atom stereocenters. The highest BCUT2D eigenvalue weighted by atomic mass is 35.5. The van der Waals surface area contributed by atoms with Crippen LogP contribution in [0, 0.1) is 5.92 Å². The molecule has 1 aromatic carbocycles. The number of benzene rings is 1. The fourth-order valence-electron chi connectivity index (χ4n) is 2.90. The van der Waals surface area contributed by atoms with Crippen molar-refractivity contribution >= 4 is 39.9 Å². The molecule has 0 saturated carbocycles. The van der Waals surface area contributed by atoms with Crippen molar-refractivity contribution < 1.29 is 13.2 Å². The summed E-state index contributed by atoms with van der Waals surface area (Å²) in [5.74, 6) is 0.340. The lowest BCUT2D eigenvalue weighted by molar-refractivity contribution is -0.120. The first-order chi connectivity index (χ1) is 11.5. The van der Waals surface area contributed by atoms with E-state index in [-0.39, 0.29) is 29.1 Å². The molecule has 0 radical (unpaired) electrons. The van der Waals surface area contributed by atoms with Gasteiger partial charge >= 0.3 is 0 Å². The zero-order valence-corrected chi connectivity index (χ0v) is 15.5. The Morgan fingerprint density at radius 1 is 1.28 bits per heavy atom. The predicted molar refractivity (Wildman–Crippen MR) is 99.8 cm³/mol. The first kappa shape index (κ1) is 19.7. The molecule has 7 nitrogen and oxygen atoms in total. The molecule has 0 aromatic heterocycles. The van der Waals surface area contributed by atoms with Gasteiger partial charge in [0.05, 0.1) is 10.8 Å². The third-order valence-electron chi connectivity index (χ3n) is 4.21. The normalized spacial score (nSPS) is 20.3. The van der Waals surface area contributed by atoms with Gasteiger partial charge in [0.25, 0.3) is 10.0 Å². The second-order valence-electron chi connectivity index (χ2n) is 6.10. The molecule has 25 heavy (non-hydrogen) atoms. The Morgan fingerprint density at radius 3 is 2.80 bits per heavy atom. The van der Waals surface area contributed by atoms with Gasteiger partial charge in [0, 0.05) is 25.2 Å². The molecular formula is C16H23ClN4O3S. The predicted octanol–water partition coefficient (Wildman–Crippen LogP) is 1.52. The number of nitrogens with one attached hydrogen (secondary N) is 3. The van der Waals surface area contributed by atoms with E-state index in [1.807, 2.05) is 0 Å². The number of rotatable bonds is 4. The van der Waals surface area contributed by atoms with Crippen molar-refractivity contribution in [3.05, 3.63) is 24.3 Å². The highest BCUT2D eigenvalue weighted by Crippen LogP contribution is 2.18. The molecule has 1 saturated heterocycles. The van der Waals surface area contributed by atoms with E-state index in [0.29, 0.717) is 31.0 Å². The average molecular weight is 387 g/mol. The SMILES string of the molecule is Cl.O=C(Nc1cccc(S(=O)(=O)NC2=NCCC2)c1)C1CCCNC1. The molecule has 1 fully saturated rings. The summed E-state index contributed by atoms with van der Waals surface area (Å²) in [4.78, 5) is 16.5. The molecule has 2 heterocycles. The smallest absolute Gasteiger partial charge is 0.262 e. The van der Waals surface area contributed by atoms with Crippen molar-refractivity contribution in [3.8, 4) is 0 Å². The van der Waals surface area contributed by atoms with Crippen LogP contribution < -0.4 is 15.4 Å². The van der Waals surface area contributed by atoms with Crippen molar-refractivity contribution in [2.24, 2.45) is 10.9 Å². The van der Waals surface area contributed by atoms with Gasteiger partial charge in [-0.05, 0) is 44.0 Å². The summed E-state index contributed by atoms with van der Waals surface area (Å²) in [5, 5.41) is 6.01. The summed E-state index contributed by atoms with van der Waals surface area (Å²) < 4.78 is 27.3. The quantitative estimate of drug-likeness (QED) is 0.730. The van der Waals surface area contributed by atoms with E-state index >= 15 is 0 Å². The van der Waals surface area contributed by atoms with Crippen molar-refractivity contribution in [2.75, 3.05) is 25.0 Å². The Kier molecular flexibility index (Phi) is 6.80. The topological polar surface area (TPSA) is 99.7 Å². The van der Waals surface area contributed by atoms with Crippen molar-refractivity contribution in [1.82, 2.24) is 10.0 Å². The summed E-state index contributed by atoms with van der Waals surface area (Å²) in [6.07, 6.45) is 3.32. The lowest BCUT2D eigenvalue weighted by Gasteiger charge is -2.22. The standard InChI is InChI=1S/C16H22N4O3S.ClH/c21-16(12-4-2-8-17-11-12)19-13-5-1-6-14(10-13)24(22,23)20-15-7-3-9-18-15;/h1,5-6,10,12,17H,2-4,7-9,11H2,(H,18,20)(H,19,21);1H. The lowest BCUT2D eigenvalue weighted by Crippen LogP contribution is -2.37. The minimum absolute atomic E-state index is 0. The lowest BCUT2D eigenvalue weighted by atomic mass is 9.99. The Morgan fingerprint density at radius 2 is 2.12 bits per heavy atom. The average Bonchev–Trinajstić information content (AvgIpc) is 3.08. The Bertz CT molecular complexity index is 746. The summed E-state index contributed by atoms with van der Waals surface area (Å²) in [6, 6.07) is 6.31. The van der Waals surface area contributed by atoms with Crippen molar-refractivity contribution in [3.63, 3.8) is 0 Å². The van der Waals surface area contributed by atoms with Crippen molar-refractivity contribution in [1.29, 1.82) is 0 Å². The van der Waals surface area contributed by atoms with Gasteiger partial charge in [-0.2, -0.15) is 0 Å². The van der Waals surface area contributed by atoms with Gasteiger partial charge in [0.1, 0.15) is 5.84 Å². The maximum atomic E-state index is 12.4. The number of amidine groups is 1. The number of halogens is 1. The molecule has 1 atom stereocenters. The molecule has 1 amide bonds. The highest BCUT2D eigenvalue weighted by Gasteiger charge is 2.22. The number of aliphatic imine (C=N–C) groups is 1. The third-order valence-corrected chi connectivity index (χ3v) is 5.58. The van der Waals surface area contributed by atoms with E-state index in [9.17, 15) is 13.2 Å². The molecule has 2 aliphatic heterocycles. The van der Waals surface area contributed by atoms with E-state index in [0.717, 1.165) is 25.8 Å². The van der Waals surface area contributed by atoms with E-state index in [4.69, 9.17) is 0 Å². The van der Waals surface area contributed by atoms with Crippen LogP contribution in [0.4, 0.5) is 5.69 Å². The number of anilines is 1. The van der Waals surface area contributed by atoms with Gasteiger partial charge in [0.2, 0.25) is 5.91 Å². The number of amides is 1. The van der Waals surface area contributed by atoms with Gasteiger partial charge < -0.3 is 10.6 Å². The highest BCUT2D eigenvalue weighted by molar-refractivity contribution is 7.90. The molecule has 2 aliphatic rings. The molecule has 0 aliphatic carbocycles. The molecule has 3 N–H and O–H groups in total. The minimum Gasteiger partial charge on any atom is -0.326 e. The van der Waals surface area contributed by atoms with Crippen LogP contribution in [0.2, 0.25) is 0 Å². The van der Waals surface area contributed by atoms with Gasteiger partial charge in [-0.3, -0.25) is 14.5 Å². The minimum atomic E-state index is -3.67. The fourth-order valence-corrected chi connectivity index (χ4v) is 4.03. The Hall–Kier alpha value is -1.64. The van der Waals surface area contributed by atoms with Crippen LogP contribution >= 0.6 is 12.4 Å². The summed E-state index contributed by atoms with van der Waals surface area (Å²) in [7, 11) is -3.67. The van der Waals surface area contributed by atoms with Crippen LogP contribution in [0.25, 0.3) is 0 Å². The fraction of sp³-hybridized carbons (Fsp3) is 0.500. The monoisotopic (exact) mass is 386 g/mol. The zero-order chi connectivity index (χ0) is 17.0. The van der Waals surface area contributed by atoms with Crippen LogP contribution in [-0.2, 0) is 14.8 Å². The number of hydrogen-bond acceptors (Lipinski definition) is 5. The maximum Gasteiger partial charge on any atom is 0.262 e. The van der Waals surface area contributed by atoms with Crippen LogP contribution in [-0.4, -0.2) is 39.8 Å². The first-order valence-corrected chi connectivity index (χ1v) is 9.71. The summed E-state index contributed by atoms with van der Waals surface area (Å²) in [5.41, 5.74) is 0.488. The van der Waals surface area contributed by atoms with E-state index in [1.54, 1.807) is 12.1 Å². The van der Waals surface area contributed by atoms with Gasteiger partial charge in [-0.1, -0.05) is 6.07 Å². The molecule has 1 aromatic rings. The Balaban J connectivity index is 0.00000225. The second kappa shape index (κ2) is 8.64. The number of sulfonamides is 1. The van der Waals surface area contributed by atoms with Gasteiger partial charge in [0.15, 0.2) is 0 Å². The van der Waals surface area contributed by atoms with Gasteiger partial charge in [-0.25, -0.2) is 8.42 Å². The maximum absolute atomic E-state index is 12.4. The zero-order valence-electron chi connectivity index (χ0n) is 13.8. The summed E-state index contributed by atoms with van der Waals surface area (Å²) >= 11 is 0. The molecule has 0 spiro atoms. The van der Waals surface area contributed by atoms with Gasteiger partial charge in [-0.15, -0.1) is 12.4 Å². The van der Waals surface area contributed by atoms with Crippen LogP contribution in [0.15, 0.2) is 34.2 Å². The first-order valence-electron chi connectivity index (χ1n) is 8.22. The molecule has 3 rings (SSSR count). The number of hydrogen-bond donors (Lipinski definition) is 3.